The standard InChI is InChI=1S/C13H13BrN2O3/c1-18-11-3-2-8(13(15)17)6-10(11)16-7-12-9(14)4-5-19-12/h2-6,16H,7H2,1H3,(H2,15,17). The van der Waals surface area contributed by atoms with Crippen LogP contribution >= 0.6 is 15.9 Å². The third kappa shape index (κ3) is 3.08. The van der Waals surface area contributed by atoms with Gasteiger partial charge in [-0.25, -0.2) is 0 Å². The zero-order valence-corrected chi connectivity index (χ0v) is 11.9. The van der Waals surface area contributed by atoms with E-state index < -0.39 is 5.91 Å². The van der Waals surface area contributed by atoms with Gasteiger partial charge in [0.25, 0.3) is 0 Å². The fraction of sp³-hybridized carbons (Fsp3) is 0.154. The fourth-order valence-electron chi connectivity index (χ4n) is 1.63. The van der Waals surface area contributed by atoms with E-state index in [9.17, 15) is 4.79 Å². The van der Waals surface area contributed by atoms with Gasteiger partial charge in [0.15, 0.2) is 0 Å². The van der Waals surface area contributed by atoms with Crippen LogP contribution in [0.1, 0.15) is 16.1 Å². The largest absolute Gasteiger partial charge is 0.495 e. The highest BCUT2D eigenvalue weighted by molar-refractivity contribution is 9.10. The molecule has 6 heteroatoms. The molecular weight excluding hydrogens is 312 g/mol. The molecule has 2 aromatic rings. The SMILES string of the molecule is COc1ccc(C(N)=O)cc1NCc1occc1Br. The zero-order chi connectivity index (χ0) is 13.8. The van der Waals surface area contributed by atoms with Crippen LogP contribution in [0.4, 0.5) is 5.69 Å². The van der Waals surface area contributed by atoms with Crippen molar-refractivity contribution in [2.75, 3.05) is 12.4 Å². The average Bonchev–Trinajstić information content (AvgIpc) is 2.81. The molecule has 5 nitrogen and oxygen atoms in total. The second kappa shape index (κ2) is 5.79. The number of ether oxygens (including phenoxy) is 1. The fourth-order valence-corrected chi connectivity index (χ4v) is 1.97. The van der Waals surface area contributed by atoms with Gasteiger partial charge >= 0.3 is 0 Å². The summed E-state index contributed by atoms with van der Waals surface area (Å²) in [5.74, 6) is 0.907. The lowest BCUT2D eigenvalue weighted by Crippen LogP contribution is -2.11. The molecule has 3 N–H and O–H groups in total. The first-order valence-electron chi connectivity index (χ1n) is 5.55. The van der Waals surface area contributed by atoms with E-state index in [4.69, 9.17) is 14.9 Å². The quantitative estimate of drug-likeness (QED) is 0.886. The van der Waals surface area contributed by atoms with E-state index in [1.807, 2.05) is 6.07 Å². The molecule has 1 aromatic heterocycles. The summed E-state index contributed by atoms with van der Waals surface area (Å²) in [6.45, 7) is 0.464. The number of nitrogens with one attached hydrogen (secondary N) is 1. The monoisotopic (exact) mass is 324 g/mol. The summed E-state index contributed by atoms with van der Waals surface area (Å²) < 4.78 is 11.4. The molecule has 0 spiro atoms. The molecule has 0 radical (unpaired) electrons. The lowest BCUT2D eigenvalue weighted by Gasteiger charge is -2.11. The van der Waals surface area contributed by atoms with Gasteiger partial charge in [0.1, 0.15) is 11.5 Å². The zero-order valence-electron chi connectivity index (χ0n) is 10.3. The minimum Gasteiger partial charge on any atom is -0.495 e. The number of benzene rings is 1. The summed E-state index contributed by atoms with van der Waals surface area (Å²) in [5.41, 5.74) is 6.36. The third-order valence-corrected chi connectivity index (χ3v) is 3.32. The summed E-state index contributed by atoms with van der Waals surface area (Å²) in [5, 5.41) is 3.15. The number of hydrogen-bond acceptors (Lipinski definition) is 4. The molecular formula is C13H13BrN2O3. The molecule has 0 atom stereocenters. The van der Waals surface area contributed by atoms with E-state index in [2.05, 4.69) is 21.2 Å². The molecule has 2 rings (SSSR count). The molecule has 0 unspecified atom stereocenters. The van der Waals surface area contributed by atoms with E-state index >= 15 is 0 Å². The van der Waals surface area contributed by atoms with Crippen molar-refractivity contribution in [2.24, 2.45) is 5.73 Å². The Labute approximate surface area is 118 Å². The topological polar surface area (TPSA) is 77.5 Å². The number of anilines is 1. The van der Waals surface area contributed by atoms with Gasteiger partial charge in [-0.2, -0.15) is 0 Å². The first-order valence-corrected chi connectivity index (χ1v) is 6.34. The molecule has 0 saturated carbocycles. The Morgan fingerprint density at radius 2 is 2.26 bits per heavy atom. The Balaban J connectivity index is 2.20. The molecule has 0 aliphatic heterocycles. The number of carbonyl (C=O) groups is 1. The van der Waals surface area contributed by atoms with Gasteiger partial charge in [-0.1, -0.05) is 0 Å². The smallest absolute Gasteiger partial charge is 0.248 e. The van der Waals surface area contributed by atoms with Crippen LogP contribution in [0.5, 0.6) is 5.75 Å². The van der Waals surface area contributed by atoms with E-state index in [1.54, 1.807) is 31.6 Å². The summed E-state index contributed by atoms with van der Waals surface area (Å²) in [4.78, 5) is 11.2. The second-order valence-corrected chi connectivity index (χ2v) is 4.68. The summed E-state index contributed by atoms with van der Waals surface area (Å²) in [6.07, 6.45) is 1.60. The molecule has 100 valence electrons. The number of nitrogens with two attached hydrogens (primary N) is 1. The number of amides is 1. The average molecular weight is 325 g/mol. The van der Waals surface area contributed by atoms with E-state index in [1.165, 1.54) is 0 Å². The van der Waals surface area contributed by atoms with Crippen molar-refractivity contribution in [1.82, 2.24) is 0 Å². The van der Waals surface area contributed by atoms with E-state index in [0.717, 1.165) is 10.2 Å². The number of furan rings is 1. The third-order valence-electron chi connectivity index (χ3n) is 2.61. The van der Waals surface area contributed by atoms with Crippen LogP contribution in [0.15, 0.2) is 39.4 Å². The highest BCUT2D eigenvalue weighted by Crippen LogP contribution is 2.27. The Morgan fingerprint density at radius 3 is 2.84 bits per heavy atom. The molecule has 1 aromatic carbocycles. The number of methoxy groups -OCH3 is 1. The number of primary amides is 1. The minimum atomic E-state index is -0.482. The van der Waals surface area contributed by atoms with Crippen molar-refractivity contribution in [2.45, 2.75) is 6.54 Å². The van der Waals surface area contributed by atoms with Gasteiger partial charge in [0, 0.05) is 5.56 Å². The predicted octanol–water partition coefficient (Wildman–Crippen LogP) is 2.76. The van der Waals surface area contributed by atoms with Gasteiger partial charge in [-0.05, 0) is 40.2 Å². The summed E-state index contributed by atoms with van der Waals surface area (Å²) in [7, 11) is 1.56. The summed E-state index contributed by atoms with van der Waals surface area (Å²) in [6, 6.07) is 6.78. The molecule has 0 fully saturated rings. The van der Waals surface area contributed by atoms with Gasteiger partial charge in [0.2, 0.25) is 5.91 Å². The normalized spacial score (nSPS) is 10.2. The number of hydrogen-bond donors (Lipinski definition) is 2. The predicted molar refractivity (Wildman–Crippen MR) is 75.2 cm³/mol. The molecule has 0 bridgehead atoms. The van der Waals surface area contributed by atoms with Crippen LogP contribution in [0, 0.1) is 0 Å². The van der Waals surface area contributed by atoms with Crippen molar-refractivity contribution < 1.29 is 13.9 Å². The Kier molecular flexibility index (Phi) is 4.11. The maximum absolute atomic E-state index is 11.2. The molecule has 0 aliphatic rings. The number of carbonyl (C=O) groups excluding carboxylic acids is 1. The molecule has 1 amide bonds. The lowest BCUT2D eigenvalue weighted by molar-refractivity contribution is 0.100. The van der Waals surface area contributed by atoms with Crippen LogP contribution in [-0.2, 0) is 6.54 Å². The van der Waals surface area contributed by atoms with E-state index in [0.29, 0.717) is 23.5 Å². The van der Waals surface area contributed by atoms with Crippen molar-refractivity contribution in [3.05, 3.63) is 46.3 Å². The highest BCUT2D eigenvalue weighted by atomic mass is 79.9. The van der Waals surface area contributed by atoms with Crippen molar-refractivity contribution >= 4 is 27.5 Å². The van der Waals surface area contributed by atoms with Crippen LogP contribution < -0.4 is 15.8 Å². The Morgan fingerprint density at radius 1 is 1.47 bits per heavy atom. The van der Waals surface area contributed by atoms with Crippen LogP contribution in [0.25, 0.3) is 0 Å². The maximum Gasteiger partial charge on any atom is 0.248 e. The molecule has 19 heavy (non-hydrogen) atoms. The summed E-state index contributed by atoms with van der Waals surface area (Å²) >= 11 is 3.37. The van der Waals surface area contributed by atoms with Crippen molar-refractivity contribution in [3.63, 3.8) is 0 Å². The first kappa shape index (κ1) is 13.5. The van der Waals surface area contributed by atoms with Crippen molar-refractivity contribution in [3.8, 4) is 5.75 Å². The minimum absolute atomic E-state index is 0.418. The first-order chi connectivity index (χ1) is 9.11. The van der Waals surface area contributed by atoms with Crippen molar-refractivity contribution in [1.29, 1.82) is 0 Å². The lowest BCUT2D eigenvalue weighted by atomic mass is 10.1. The van der Waals surface area contributed by atoms with Crippen LogP contribution in [-0.4, -0.2) is 13.0 Å². The molecule has 1 heterocycles. The second-order valence-electron chi connectivity index (χ2n) is 3.82. The molecule has 0 aliphatic carbocycles. The Bertz CT molecular complexity index is 595. The van der Waals surface area contributed by atoms with Gasteiger partial charge in [-0.15, -0.1) is 0 Å². The van der Waals surface area contributed by atoms with Gasteiger partial charge in [-0.3, -0.25) is 4.79 Å². The van der Waals surface area contributed by atoms with Crippen LogP contribution in [0.3, 0.4) is 0 Å². The van der Waals surface area contributed by atoms with Gasteiger partial charge < -0.3 is 20.2 Å². The Hall–Kier alpha value is -1.95. The van der Waals surface area contributed by atoms with E-state index in [-0.39, 0.29) is 0 Å². The van der Waals surface area contributed by atoms with Crippen LogP contribution in [0.2, 0.25) is 0 Å². The number of rotatable bonds is 5. The molecule has 0 saturated heterocycles. The maximum atomic E-state index is 11.2. The van der Waals surface area contributed by atoms with Gasteiger partial charge in [0.05, 0.1) is 30.1 Å². The highest BCUT2D eigenvalue weighted by Gasteiger charge is 2.09. The number of halogens is 1.